The fourth-order valence-corrected chi connectivity index (χ4v) is 3.41. The summed E-state index contributed by atoms with van der Waals surface area (Å²) in [5.41, 5.74) is 0.942. The molecule has 3 aromatic rings. The van der Waals surface area contributed by atoms with Crippen molar-refractivity contribution >= 4 is 6.21 Å². The average Bonchev–Trinajstić information content (AvgIpc) is 2.70. The van der Waals surface area contributed by atoms with E-state index in [4.69, 9.17) is 4.99 Å². The lowest BCUT2D eigenvalue weighted by Crippen LogP contribution is -2.42. The van der Waals surface area contributed by atoms with E-state index in [1.165, 1.54) is 0 Å². The van der Waals surface area contributed by atoms with E-state index < -0.39 is 11.6 Å². The van der Waals surface area contributed by atoms with E-state index in [-0.39, 0.29) is 11.7 Å². The molecule has 3 aromatic carbocycles. The molecule has 0 aliphatic carbocycles. The van der Waals surface area contributed by atoms with E-state index >= 15 is 0 Å². The molecule has 3 nitrogen and oxygen atoms in total. The first-order valence-electron chi connectivity index (χ1n) is 9.18. The van der Waals surface area contributed by atoms with E-state index in [1.807, 2.05) is 80.6 Å². The predicted octanol–water partition coefficient (Wildman–Crippen LogP) is 4.77. The van der Waals surface area contributed by atoms with Gasteiger partial charge in [0, 0.05) is 11.8 Å². The van der Waals surface area contributed by atoms with Crippen molar-refractivity contribution in [2.24, 2.45) is 10.9 Å². The van der Waals surface area contributed by atoms with Crippen LogP contribution in [0.2, 0.25) is 0 Å². The number of hydrogen-bond donors (Lipinski definition) is 2. The molecule has 0 aliphatic rings. The van der Waals surface area contributed by atoms with Crippen molar-refractivity contribution in [1.82, 2.24) is 0 Å². The molecule has 0 saturated heterocycles. The number of phenols is 1. The van der Waals surface area contributed by atoms with Crippen LogP contribution in [0.3, 0.4) is 0 Å². The third-order valence-corrected chi connectivity index (χ3v) is 4.80. The summed E-state index contributed by atoms with van der Waals surface area (Å²) in [6.07, 6.45) is 1.65. The van der Waals surface area contributed by atoms with Gasteiger partial charge in [-0.3, -0.25) is 4.99 Å². The minimum absolute atomic E-state index is 0.0671. The van der Waals surface area contributed by atoms with Gasteiger partial charge in [0.05, 0.1) is 6.04 Å². The number of aliphatic imine (C=N–C) groups is 1. The molecule has 0 fully saturated rings. The number of aromatic hydroxyl groups is 1. The Kier molecular flexibility index (Phi) is 5.72. The quantitative estimate of drug-likeness (QED) is 0.623. The van der Waals surface area contributed by atoms with Crippen molar-refractivity contribution in [1.29, 1.82) is 0 Å². The minimum Gasteiger partial charge on any atom is -0.507 e. The zero-order chi connectivity index (χ0) is 19.3. The minimum atomic E-state index is -1.28. The summed E-state index contributed by atoms with van der Waals surface area (Å²) < 4.78 is 0. The van der Waals surface area contributed by atoms with Crippen LogP contribution in [0.1, 0.15) is 30.5 Å². The second-order valence-corrected chi connectivity index (χ2v) is 7.02. The van der Waals surface area contributed by atoms with Crippen LogP contribution in [0, 0.1) is 5.92 Å². The first-order chi connectivity index (χ1) is 13.0. The monoisotopic (exact) mass is 359 g/mol. The lowest BCUT2D eigenvalue weighted by atomic mass is 9.76. The maximum absolute atomic E-state index is 12.0. The van der Waals surface area contributed by atoms with E-state index in [0.29, 0.717) is 5.56 Å². The molecule has 3 rings (SSSR count). The molecular formula is C24H25NO2. The topological polar surface area (TPSA) is 52.8 Å². The van der Waals surface area contributed by atoms with Gasteiger partial charge in [0.2, 0.25) is 0 Å². The first-order valence-corrected chi connectivity index (χ1v) is 9.18. The molecule has 0 aromatic heterocycles. The van der Waals surface area contributed by atoms with Gasteiger partial charge in [-0.05, 0) is 29.2 Å². The summed E-state index contributed by atoms with van der Waals surface area (Å²) in [4.78, 5) is 4.74. The third kappa shape index (κ3) is 3.93. The normalized spacial score (nSPS) is 13.2. The third-order valence-electron chi connectivity index (χ3n) is 4.80. The van der Waals surface area contributed by atoms with Gasteiger partial charge in [0.25, 0.3) is 0 Å². The molecular weight excluding hydrogens is 334 g/mol. The van der Waals surface area contributed by atoms with Gasteiger partial charge in [-0.2, -0.15) is 0 Å². The number of hydrogen-bond acceptors (Lipinski definition) is 3. The average molecular weight is 359 g/mol. The van der Waals surface area contributed by atoms with Gasteiger partial charge < -0.3 is 10.2 Å². The van der Waals surface area contributed by atoms with Gasteiger partial charge in [-0.15, -0.1) is 0 Å². The number of phenolic OH excluding ortho intramolecular Hbond substituents is 1. The van der Waals surface area contributed by atoms with Crippen molar-refractivity contribution in [3.05, 3.63) is 102 Å². The smallest absolute Gasteiger partial charge is 0.137 e. The summed E-state index contributed by atoms with van der Waals surface area (Å²) in [5.74, 6) is 0.240. The number of para-hydroxylation sites is 1. The van der Waals surface area contributed by atoms with Crippen molar-refractivity contribution in [3.63, 3.8) is 0 Å². The molecule has 0 aliphatic heterocycles. The predicted molar refractivity (Wildman–Crippen MR) is 110 cm³/mol. The van der Waals surface area contributed by atoms with Gasteiger partial charge >= 0.3 is 0 Å². The molecule has 1 atom stereocenters. The molecule has 0 bridgehead atoms. The zero-order valence-electron chi connectivity index (χ0n) is 15.7. The Bertz CT molecular complexity index is 849. The van der Waals surface area contributed by atoms with Crippen LogP contribution in [0.25, 0.3) is 0 Å². The fourth-order valence-electron chi connectivity index (χ4n) is 3.41. The molecule has 0 heterocycles. The maximum atomic E-state index is 12.0. The van der Waals surface area contributed by atoms with Gasteiger partial charge in [0.1, 0.15) is 11.4 Å². The van der Waals surface area contributed by atoms with Crippen LogP contribution in [-0.2, 0) is 5.60 Å². The van der Waals surface area contributed by atoms with Crippen molar-refractivity contribution in [2.45, 2.75) is 25.5 Å². The summed E-state index contributed by atoms with van der Waals surface area (Å²) >= 11 is 0. The summed E-state index contributed by atoms with van der Waals surface area (Å²) in [5, 5.41) is 22.0. The Hall–Kier alpha value is -2.91. The fraction of sp³-hybridized carbons (Fsp3) is 0.208. The number of rotatable bonds is 6. The standard InChI is InChI=1S/C24H25NO2/c1-18(2)23(25-17-19-11-9-10-16-22(19)26)24(27,20-12-5-3-6-13-20)21-14-7-4-8-15-21/h3-18,23,26-27H,1-2H3. The SMILES string of the molecule is CC(C)C(N=Cc1ccccc1O)C(O)(c1ccccc1)c1ccccc1. The summed E-state index contributed by atoms with van der Waals surface area (Å²) in [6.45, 7) is 4.09. The highest BCUT2D eigenvalue weighted by molar-refractivity contribution is 5.83. The van der Waals surface area contributed by atoms with Gasteiger partial charge in [-0.1, -0.05) is 86.6 Å². The first kappa shape index (κ1) is 18.9. The molecule has 0 spiro atoms. The zero-order valence-corrected chi connectivity index (χ0v) is 15.7. The van der Waals surface area contributed by atoms with Crippen LogP contribution in [-0.4, -0.2) is 22.5 Å². The molecule has 0 amide bonds. The molecule has 138 valence electrons. The Morgan fingerprint density at radius 2 is 1.26 bits per heavy atom. The van der Waals surface area contributed by atoms with E-state index in [9.17, 15) is 10.2 Å². The molecule has 0 radical (unpaired) electrons. The van der Waals surface area contributed by atoms with E-state index in [1.54, 1.807) is 24.4 Å². The molecule has 27 heavy (non-hydrogen) atoms. The van der Waals surface area contributed by atoms with Crippen LogP contribution >= 0.6 is 0 Å². The van der Waals surface area contributed by atoms with E-state index in [0.717, 1.165) is 11.1 Å². The maximum Gasteiger partial charge on any atom is 0.137 e. The van der Waals surface area contributed by atoms with Gasteiger partial charge in [-0.25, -0.2) is 0 Å². The number of nitrogens with zero attached hydrogens (tertiary/aromatic N) is 1. The molecule has 3 heteroatoms. The highest BCUT2D eigenvalue weighted by Gasteiger charge is 2.41. The highest BCUT2D eigenvalue weighted by atomic mass is 16.3. The lowest BCUT2D eigenvalue weighted by molar-refractivity contribution is 0.0366. The molecule has 2 N–H and O–H groups in total. The highest BCUT2D eigenvalue weighted by Crippen LogP contribution is 2.38. The Morgan fingerprint density at radius 3 is 1.74 bits per heavy atom. The number of benzene rings is 3. The van der Waals surface area contributed by atoms with Crippen LogP contribution in [0.4, 0.5) is 0 Å². The number of aliphatic hydroxyl groups is 1. The summed E-state index contributed by atoms with van der Waals surface area (Å²) in [7, 11) is 0. The van der Waals surface area contributed by atoms with Crippen LogP contribution in [0.5, 0.6) is 5.75 Å². The van der Waals surface area contributed by atoms with Crippen molar-refractivity contribution in [2.75, 3.05) is 0 Å². The summed E-state index contributed by atoms with van der Waals surface area (Å²) in [6, 6.07) is 25.9. The largest absolute Gasteiger partial charge is 0.507 e. The van der Waals surface area contributed by atoms with Crippen molar-refractivity contribution in [3.8, 4) is 5.75 Å². The Morgan fingerprint density at radius 1 is 0.778 bits per heavy atom. The van der Waals surface area contributed by atoms with Crippen molar-refractivity contribution < 1.29 is 10.2 Å². The lowest BCUT2D eigenvalue weighted by Gasteiger charge is -2.37. The molecule has 1 unspecified atom stereocenters. The van der Waals surface area contributed by atoms with Crippen LogP contribution < -0.4 is 0 Å². The van der Waals surface area contributed by atoms with Gasteiger partial charge in [0.15, 0.2) is 0 Å². The Labute approximate surface area is 160 Å². The second kappa shape index (κ2) is 8.19. The second-order valence-electron chi connectivity index (χ2n) is 7.02. The van der Waals surface area contributed by atoms with E-state index in [2.05, 4.69) is 0 Å². The Balaban J connectivity index is 2.12. The molecule has 0 saturated carbocycles. The van der Waals surface area contributed by atoms with Crippen LogP contribution in [0.15, 0.2) is 89.9 Å².